The van der Waals surface area contributed by atoms with Crippen molar-refractivity contribution >= 4 is 0 Å². The molecule has 0 bridgehead atoms. The molecule has 0 aromatic carbocycles. The largest absolute Gasteiger partial charge is 0.378 e. The zero-order valence-electron chi connectivity index (χ0n) is 8.14. The monoisotopic (exact) mass is 168 g/mol. The molecule has 70 valence electrons. The van der Waals surface area contributed by atoms with Gasteiger partial charge in [0.15, 0.2) is 0 Å². The highest BCUT2D eigenvalue weighted by molar-refractivity contribution is 4.94. The summed E-state index contributed by atoms with van der Waals surface area (Å²) in [5, 5.41) is 0. The smallest absolute Gasteiger partial charge is 0.0706 e. The first-order valence-electron chi connectivity index (χ1n) is 5.42. The Balaban J connectivity index is 2.04. The van der Waals surface area contributed by atoms with Crippen molar-refractivity contribution in [1.82, 2.24) is 0 Å². The molecule has 0 aromatic rings. The van der Waals surface area contributed by atoms with Gasteiger partial charge < -0.3 is 4.74 Å². The molecule has 2 fully saturated rings. The Morgan fingerprint density at radius 1 is 1.00 bits per heavy atom. The quantitative estimate of drug-likeness (QED) is 0.615. The van der Waals surface area contributed by atoms with Crippen molar-refractivity contribution in [3.8, 4) is 0 Å². The molecule has 0 aromatic heterocycles. The molecule has 2 saturated carbocycles. The third-order valence-corrected chi connectivity index (χ3v) is 3.96. The first kappa shape index (κ1) is 8.55. The average Bonchev–Trinajstić information content (AvgIpc) is 2.76. The SMILES string of the molecule is COC1(C2CCCC2)CCCC1. The zero-order valence-corrected chi connectivity index (χ0v) is 8.14. The molecule has 0 spiro atoms. The topological polar surface area (TPSA) is 9.23 Å². The third kappa shape index (κ3) is 1.28. The fourth-order valence-corrected chi connectivity index (χ4v) is 3.20. The molecule has 0 unspecified atom stereocenters. The Morgan fingerprint density at radius 2 is 1.58 bits per heavy atom. The van der Waals surface area contributed by atoms with Crippen molar-refractivity contribution in [1.29, 1.82) is 0 Å². The van der Waals surface area contributed by atoms with Gasteiger partial charge in [0.25, 0.3) is 0 Å². The van der Waals surface area contributed by atoms with E-state index in [0.29, 0.717) is 5.60 Å². The lowest BCUT2D eigenvalue weighted by molar-refractivity contribution is -0.0511. The maximum atomic E-state index is 5.78. The van der Waals surface area contributed by atoms with Crippen LogP contribution in [0, 0.1) is 5.92 Å². The Morgan fingerprint density at radius 3 is 2.08 bits per heavy atom. The van der Waals surface area contributed by atoms with Gasteiger partial charge in [-0.3, -0.25) is 0 Å². The summed E-state index contributed by atoms with van der Waals surface area (Å²) in [7, 11) is 1.92. The van der Waals surface area contributed by atoms with Gasteiger partial charge in [-0.25, -0.2) is 0 Å². The molecule has 0 aliphatic heterocycles. The predicted octanol–water partition coefficient (Wildman–Crippen LogP) is 3.14. The van der Waals surface area contributed by atoms with Gasteiger partial charge in [-0.1, -0.05) is 25.7 Å². The van der Waals surface area contributed by atoms with Gasteiger partial charge in [0.2, 0.25) is 0 Å². The zero-order chi connectivity index (χ0) is 8.44. The second-order valence-electron chi connectivity index (χ2n) is 4.46. The van der Waals surface area contributed by atoms with E-state index in [1.165, 1.54) is 51.4 Å². The van der Waals surface area contributed by atoms with Crippen LogP contribution in [-0.2, 0) is 4.74 Å². The lowest BCUT2D eigenvalue weighted by Gasteiger charge is -2.33. The maximum Gasteiger partial charge on any atom is 0.0706 e. The van der Waals surface area contributed by atoms with E-state index < -0.39 is 0 Å². The van der Waals surface area contributed by atoms with Crippen molar-refractivity contribution in [2.24, 2.45) is 5.92 Å². The summed E-state index contributed by atoms with van der Waals surface area (Å²) >= 11 is 0. The molecule has 0 heterocycles. The fraction of sp³-hybridized carbons (Fsp3) is 1.00. The first-order valence-corrected chi connectivity index (χ1v) is 5.42. The summed E-state index contributed by atoms with van der Waals surface area (Å²) in [4.78, 5) is 0. The van der Waals surface area contributed by atoms with Crippen LogP contribution in [0.15, 0.2) is 0 Å². The molecular weight excluding hydrogens is 148 g/mol. The van der Waals surface area contributed by atoms with Crippen LogP contribution in [0.5, 0.6) is 0 Å². The lowest BCUT2D eigenvalue weighted by Crippen LogP contribution is -2.35. The maximum absolute atomic E-state index is 5.78. The Bertz CT molecular complexity index is 141. The highest BCUT2D eigenvalue weighted by atomic mass is 16.5. The molecule has 2 aliphatic carbocycles. The van der Waals surface area contributed by atoms with Crippen LogP contribution in [-0.4, -0.2) is 12.7 Å². The number of rotatable bonds is 2. The normalized spacial score (nSPS) is 29.8. The van der Waals surface area contributed by atoms with E-state index >= 15 is 0 Å². The standard InChI is InChI=1S/C11H20O/c1-12-11(8-4-5-9-11)10-6-2-3-7-10/h10H,2-9H2,1H3. The summed E-state index contributed by atoms with van der Waals surface area (Å²) in [5.41, 5.74) is 0.316. The molecule has 0 radical (unpaired) electrons. The van der Waals surface area contributed by atoms with Gasteiger partial charge in [-0.05, 0) is 31.6 Å². The first-order chi connectivity index (χ1) is 5.87. The minimum atomic E-state index is 0.316. The second kappa shape index (κ2) is 3.37. The molecule has 1 heteroatoms. The lowest BCUT2D eigenvalue weighted by atomic mass is 9.84. The van der Waals surface area contributed by atoms with Crippen LogP contribution in [0.2, 0.25) is 0 Å². The van der Waals surface area contributed by atoms with Crippen molar-refractivity contribution in [2.45, 2.75) is 57.0 Å². The van der Waals surface area contributed by atoms with Crippen LogP contribution in [0.25, 0.3) is 0 Å². The molecule has 0 saturated heterocycles. The number of hydrogen-bond acceptors (Lipinski definition) is 1. The van der Waals surface area contributed by atoms with Crippen LogP contribution in [0.3, 0.4) is 0 Å². The van der Waals surface area contributed by atoms with Crippen molar-refractivity contribution in [2.75, 3.05) is 7.11 Å². The number of methoxy groups -OCH3 is 1. The summed E-state index contributed by atoms with van der Waals surface area (Å²) in [6.45, 7) is 0. The van der Waals surface area contributed by atoms with Gasteiger partial charge in [0.05, 0.1) is 5.60 Å². The van der Waals surface area contributed by atoms with Crippen molar-refractivity contribution in [3.63, 3.8) is 0 Å². The van der Waals surface area contributed by atoms with Gasteiger partial charge in [-0.15, -0.1) is 0 Å². The van der Waals surface area contributed by atoms with E-state index in [4.69, 9.17) is 4.74 Å². The minimum Gasteiger partial charge on any atom is -0.378 e. The summed E-state index contributed by atoms with van der Waals surface area (Å²) in [6, 6.07) is 0. The molecule has 2 aliphatic rings. The number of hydrogen-bond donors (Lipinski definition) is 0. The summed E-state index contributed by atoms with van der Waals surface area (Å²) in [6.07, 6.45) is 11.2. The predicted molar refractivity (Wildman–Crippen MR) is 50.2 cm³/mol. The Kier molecular flexibility index (Phi) is 2.40. The fourth-order valence-electron chi connectivity index (χ4n) is 3.20. The van der Waals surface area contributed by atoms with Crippen LogP contribution >= 0.6 is 0 Å². The van der Waals surface area contributed by atoms with Gasteiger partial charge in [0, 0.05) is 7.11 Å². The highest BCUT2D eigenvalue weighted by Gasteiger charge is 2.42. The Labute approximate surface area is 75.5 Å². The summed E-state index contributed by atoms with van der Waals surface area (Å²) < 4.78 is 5.78. The van der Waals surface area contributed by atoms with Crippen molar-refractivity contribution in [3.05, 3.63) is 0 Å². The van der Waals surface area contributed by atoms with Crippen molar-refractivity contribution < 1.29 is 4.74 Å². The minimum absolute atomic E-state index is 0.316. The number of ether oxygens (including phenoxy) is 1. The van der Waals surface area contributed by atoms with E-state index in [1.807, 2.05) is 7.11 Å². The van der Waals surface area contributed by atoms with Gasteiger partial charge in [-0.2, -0.15) is 0 Å². The molecule has 2 rings (SSSR count). The third-order valence-electron chi connectivity index (χ3n) is 3.96. The average molecular weight is 168 g/mol. The van der Waals surface area contributed by atoms with Crippen LogP contribution < -0.4 is 0 Å². The summed E-state index contributed by atoms with van der Waals surface area (Å²) in [5.74, 6) is 0.894. The molecular formula is C11H20O. The van der Waals surface area contributed by atoms with E-state index in [-0.39, 0.29) is 0 Å². The van der Waals surface area contributed by atoms with Gasteiger partial charge in [0.1, 0.15) is 0 Å². The van der Waals surface area contributed by atoms with E-state index in [0.717, 1.165) is 5.92 Å². The molecule has 0 atom stereocenters. The molecule has 0 amide bonds. The Hall–Kier alpha value is -0.0400. The molecule has 0 N–H and O–H groups in total. The highest BCUT2D eigenvalue weighted by Crippen LogP contribution is 2.45. The van der Waals surface area contributed by atoms with Gasteiger partial charge >= 0.3 is 0 Å². The van der Waals surface area contributed by atoms with Crippen LogP contribution in [0.4, 0.5) is 0 Å². The van der Waals surface area contributed by atoms with Crippen LogP contribution in [0.1, 0.15) is 51.4 Å². The van der Waals surface area contributed by atoms with E-state index in [1.54, 1.807) is 0 Å². The molecule has 1 nitrogen and oxygen atoms in total. The van der Waals surface area contributed by atoms with E-state index in [9.17, 15) is 0 Å². The second-order valence-corrected chi connectivity index (χ2v) is 4.46. The van der Waals surface area contributed by atoms with E-state index in [2.05, 4.69) is 0 Å². The molecule has 12 heavy (non-hydrogen) atoms.